The summed E-state index contributed by atoms with van der Waals surface area (Å²) in [5.41, 5.74) is 4.19. The molecular formula is C24H20N2O3. The first-order chi connectivity index (χ1) is 14.1. The van der Waals surface area contributed by atoms with Gasteiger partial charge in [0.2, 0.25) is 0 Å². The number of nitrogens with one attached hydrogen (secondary N) is 2. The van der Waals surface area contributed by atoms with Crippen LogP contribution in [0.15, 0.2) is 78.9 Å². The van der Waals surface area contributed by atoms with Crippen molar-refractivity contribution in [2.24, 2.45) is 0 Å². The van der Waals surface area contributed by atoms with Crippen molar-refractivity contribution < 1.29 is 14.3 Å². The fourth-order valence-corrected chi connectivity index (χ4v) is 3.24. The Bertz CT molecular complexity index is 1160. The summed E-state index contributed by atoms with van der Waals surface area (Å²) in [7, 11) is 0. The predicted molar refractivity (Wildman–Crippen MR) is 113 cm³/mol. The maximum absolute atomic E-state index is 12.9. The number of benzene rings is 3. The smallest absolute Gasteiger partial charge is 0.412 e. The van der Waals surface area contributed by atoms with Gasteiger partial charge in [-0.1, -0.05) is 60.7 Å². The van der Waals surface area contributed by atoms with Crippen LogP contribution in [-0.4, -0.2) is 16.9 Å². The van der Waals surface area contributed by atoms with Crippen LogP contribution in [0, 0.1) is 6.92 Å². The number of hydrogen-bond acceptors (Lipinski definition) is 3. The molecule has 0 radical (unpaired) electrons. The first-order valence-corrected chi connectivity index (χ1v) is 9.31. The average molecular weight is 384 g/mol. The molecular weight excluding hydrogens is 364 g/mol. The molecule has 0 bridgehead atoms. The van der Waals surface area contributed by atoms with Crippen LogP contribution in [0.25, 0.3) is 10.9 Å². The first-order valence-electron chi connectivity index (χ1n) is 9.31. The highest BCUT2D eigenvalue weighted by atomic mass is 16.5. The van der Waals surface area contributed by atoms with Gasteiger partial charge in [0, 0.05) is 22.2 Å². The van der Waals surface area contributed by atoms with Crippen LogP contribution in [0.3, 0.4) is 0 Å². The summed E-state index contributed by atoms with van der Waals surface area (Å²) in [6.07, 6.45) is -0.577. The number of amides is 1. The van der Waals surface area contributed by atoms with E-state index in [4.69, 9.17) is 4.74 Å². The lowest BCUT2D eigenvalue weighted by Crippen LogP contribution is -2.14. The number of aryl methyl sites for hydroxylation is 1. The number of carbonyl (C=O) groups is 2. The fraction of sp³-hybridized carbons (Fsp3) is 0.0833. The maximum Gasteiger partial charge on any atom is 0.412 e. The quantitative estimate of drug-likeness (QED) is 0.449. The molecule has 1 amide bonds. The fourth-order valence-electron chi connectivity index (χ4n) is 3.24. The van der Waals surface area contributed by atoms with E-state index in [0.29, 0.717) is 16.8 Å². The molecule has 144 valence electrons. The number of aromatic amines is 1. The van der Waals surface area contributed by atoms with Gasteiger partial charge in [-0.15, -0.1) is 0 Å². The molecule has 0 saturated carbocycles. The van der Waals surface area contributed by atoms with Crippen LogP contribution < -0.4 is 5.32 Å². The molecule has 3 aromatic carbocycles. The SMILES string of the molecule is Cc1cc2cc(C(=O)c3ccccc3)cc(NC(=O)OCc3ccccc3)c2[nH]1. The molecule has 4 aromatic rings. The Balaban J connectivity index is 1.60. The third kappa shape index (κ3) is 4.19. The van der Waals surface area contributed by atoms with Gasteiger partial charge in [0.1, 0.15) is 6.61 Å². The van der Waals surface area contributed by atoms with Crippen LogP contribution in [0.1, 0.15) is 27.2 Å². The molecule has 0 saturated heterocycles. The Kier molecular flexibility index (Phi) is 5.12. The minimum Gasteiger partial charge on any atom is -0.444 e. The van der Waals surface area contributed by atoms with Crippen LogP contribution >= 0.6 is 0 Å². The van der Waals surface area contributed by atoms with Gasteiger partial charge in [0.25, 0.3) is 0 Å². The Morgan fingerprint density at radius 1 is 0.897 bits per heavy atom. The normalized spacial score (nSPS) is 10.7. The van der Waals surface area contributed by atoms with Crippen molar-refractivity contribution >= 4 is 28.5 Å². The number of fused-ring (bicyclic) bond motifs is 1. The van der Waals surface area contributed by atoms with E-state index in [9.17, 15) is 9.59 Å². The van der Waals surface area contributed by atoms with Crippen molar-refractivity contribution in [3.05, 3.63) is 101 Å². The number of hydrogen-bond donors (Lipinski definition) is 2. The minimum absolute atomic E-state index is 0.105. The molecule has 1 heterocycles. The molecule has 0 aliphatic heterocycles. The second kappa shape index (κ2) is 8.02. The predicted octanol–water partition coefficient (Wildman–Crippen LogP) is 5.46. The Hall–Kier alpha value is -3.86. The number of ketones is 1. The van der Waals surface area contributed by atoms with Crippen LogP contribution in [0.2, 0.25) is 0 Å². The van der Waals surface area contributed by atoms with Gasteiger partial charge < -0.3 is 9.72 Å². The summed E-state index contributed by atoms with van der Waals surface area (Å²) < 4.78 is 5.32. The standard InChI is InChI=1S/C24H20N2O3/c1-16-12-19-13-20(23(27)18-10-6-3-7-11-18)14-21(22(19)25-16)26-24(28)29-15-17-8-4-2-5-9-17/h2-14,25H,15H2,1H3,(H,26,28). The van der Waals surface area contributed by atoms with Crippen LogP contribution in [0.4, 0.5) is 10.5 Å². The lowest BCUT2D eigenvalue weighted by molar-refractivity contribution is 0.103. The Morgan fingerprint density at radius 3 is 2.31 bits per heavy atom. The molecule has 0 aliphatic rings. The topological polar surface area (TPSA) is 71.2 Å². The summed E-state index contributed by atoms with van der Waals surface area (Å²) >= 11 is 0. The zero-order valence-corrected chi connectivity index (χ0v) is 15.9. The Labute approximate surface area is 168 Å². The number of H-pyrrole nitrogens is 1. The number of rotatable bonds is 5. The minimum atomic E-state index is -0.577. The van der Waals surface area contributed by atoms with Crippen molar-refractivity contribution in [1.29, 1.82) is 0 Å². The monoisotopic (exact) mass is 384 g/mol. The van der Waals surface area contributed by atoms with Crippen LogP contribution in [-0.2, 0) is 11.3 Å². The average Bonchev–Trinajstić information content (AvgIpc) is 3.13. The van der Waals surface area contributed by atoms with Gasteiger partial charge in [-0.3, -0.25) is 10.1 Å². The van der Waals surface area contributed by atoms with Gasteiger partial charge >= 0.3 is 6.09 Å². The molecule has 0 spiro atoms. The zero-order chi connectivity index (χ0) is 20.2. The van der Waals surface area contributed by atoms with E-state index in [-0.39, 0.29) is 12.4 Å². The lowest BCUT2D eigenvalue weighted by atomic mass is 10.0. The molecule has 0 unspecified atom stereocenters. The molecule has 2 N–H and O–H groups in total. The van der Waals surface area contributed by atoms with Crippen molar-refractivity contribution in [1.82, 2.24) is 4.98 Å². The van der Waals surface area contributed by atoms with E-state index >= 15 is 0 Å². The van der Waals surface area contributed by atoms with Gasteiger partial charge in [-0.25, -0.2) is 4.79 Å². The third-order valence-corrected chi connectivity index (χ3v) is 4.61. The lowest BCUT2D eigenvalue weighted by Gasteiger charge is -2.10. The number of carbonyl (C=O) groups excluding carboxylic acids is 2. The van der Waals surface area contributed by atoms with Crippen molar-refractivity contribution in [3.8, 4) is 0 Å². The highest BCUT2D eigenvalue weighted by Gasteiger charge is 2.15. The molecule has 0 atom stereocenters. The second-order valence-corrected chi connectivity index (χ2v) is 6.82. The van der Waals surface area contributed by atoms with E-state index in [1.165, 1.54) is 0 Å². The van der Waals surface area contributed by atoms with E-state index < -0.39 is 6.09 Å². The molecule has 0 aliphatic carbocycles. The molecule has 1 aromatic heterocycles. The maximum atomic E-state index is 12.9. The first kappa shape index (κ1) is 18.5. The summed E-state index contributed by atoms with van der Waals surface area (Å²) in [6.45, 7) is 2.10. The summed E-state index contributed by atoms with van der Waals surface area (Å²) in [5.74, 6) is -0.105. The van der Waals surface area contributed by atoms with Crippen LogP contribution in [0.5, 0.6) is 0 Å². The number of anilines is 1. The number of aromatic nitrogens is 1. The summed E-state index contributed by atoms with van der Waals surface area (Å²) in [4.78, 5) is 28.5. The second-order valence-electron chi connectivity index (χ2n) is 6.82. The molecule has 4 rings (SSSR count). The third-order valence-electron chi connectivity index (χ3n) is 4.61. The van der Waals surface area contributed by atoms with E-state index in [0.717, 1.165) is 22.2 Å². The van der Waals surface area contributed by atoms with Crippen molar-refractivity contribution in [2.75, 3.05) is 5.32 Å². The largest absolute Gasteiger partial charge is 0.444 e. The van der Waals surface area contributed by atoms with Gasteiger partial charge in [0.05, 0.1) is 11.2 Å². The highest BCUT2D eigenvalue weighted by molar-refractivity contribution is 6.13. The van der Waals surface area contributed by atoms with Gasteiger partial charge in [-0.05, 0) is 30.7 Å². The number of ether oxygens (including phenoxy) is 1. The van der Waals surface area contributed by atoms with Crippen molar-refractivity contribution in [3.63, 3.8) is 0 Å². The molecule has 5 heteroatoms. The van der Waals surface area contributed by atoms with Gasteiger partial charge in [-0.2, -0.15) is 0 Å². The van der Waals surface area contributed by atoms with Crippen molar-refractivity contribution in [2.45, 2.75) is 13.5 Å². The van der Waals surface area contributed by atoms with E-state index in [1.54, 1.807) is 18.2 Å². The van der Waals surface area contributed by atoms with E-state index in [2.05, 4.69) is 10.3 Å². The zero-order valence-electron chi connectivity index (χ0n) is 15.9. The molecule has 5 nitrogen and oxygen atoms in total. The highest BCUT2D eigenvalue weighted by Crippen LogP contribution is 2.27. The Morgan fingerprint density at radius 2 is 1.59 bits per heavy atom. The molecule has 29 heavy (non-hydrogen) atoms. The molecule has 0 fully saturated rings. The summed E-state index contributed by atoms with van der Waals surface area (Å²) in [5, 5.41) is 3.62. The summed E-state index contributed by atoms with van der Waals surface area (Å²) in [6, 6.07) is 24.0. The van der Waals surface area contributed by atoms with E-state index in [1.807, 2.05) is 67.6 Å². The van der Waals surface area contributed by atoms with Gasteiger partial charge in [0.15, 0.2) is 5.78 Å².